The zero-order chi connectivity index (χ0) is 23.5. The molecule has 4 heterocycles. The van der Waals surface area contributed by atoms with Crippen LogP contribution in [-0.2, 0) is 6.54 Å². The van der Waals surface area contributed by atoms with Crippen molar-refractivity contribution in [2.75, 3.05) is 5.32 Å². The maximum absolute atomic E-state index is 9.77. The fourth-order valence-electron chi connectivity index (χ4n) is 4.11. The Kier molecular flexibility index (Phi) is 5.67. The van der Waals surface area contributed by atoms with Gasteiger partial charge in [-0.2, -0.15) is 5.26 Å². The van der Waals surface area contributed by atoms with E-state index < -0.39 is 0 Å². The summed E-state index contributed by atoms with van der Waals surface area (Å²) in [6, 6.07) is 20.2. The van der Waals surface area contributed by atoms with Gasteiger partial charge in [-0.25, -0.2) is 4.98 Å². The molecule has 4 aromatic heterocycles. The molecule has 0 spiro atoms. The van der Waals surface area contributed by atoms with Crippen molar-refractivity contribution in [2.24, 2.45) is 0 Å². The molecule has 164 valence electrons. The van der Waals surface area contributed by atoms with E-state index >= 15 is 0 Å². The minimum atomic E-state index is 0.528. The highest BCUT2D eigenvalue weighted by Crippen LogP contribution is 2.31. The first-order chi connectivity index (χ1) is 16.6. The van der Waals surface area contributed by atoms with Crippen molar-refractivity contribution in [3.05, 3.63) is 102 Å². The Morgan fingerprint density at radius 3 is 2.18 bits per heavy atom. The van der Waals surface area contributed by atoms with Crippen molar-refractivity contribution in [1.29, 1.82) is 5.26 Å². The Bertz CT molecular complexity index is 1550. The number of nitriles is 1. The zero-order valence-electron chi connectivity index (χ0n) is 18.9. The molecule has 5 aromatic rings. The summed E-state index contributed by atoms with van der Waals surface area (Å²) in [6.07, 6.45) is 7.17. The van der Waals surface area contributed by atoms with Crippen LogP contribution in [0.25, 0.3) is 33.2 Å². The minimum absolute atomic E-state index is 0.528. The van der Waals surface area contributed by atoms with Crippen LogP contribution in [0.2, 0.25) is 0 Å². The number of fused-ring (bicyclic) bond motifs is 1. The predicted octanol–water partition coefficient (Wildman–Crippen LogP) is 5.85. The maximum Gasteiger partial charge on any atom is 0.136 e. The molecule has 0 fully saturated rings. The lowest BCUT2D eigenvalue weighted by atomic mass is 9.98. The summed E-state index contributed by atoms with van der Waals surface area (Å²) in [5, 5.41) is 15.2. The molecule has 0 aliphatic carbocycles. The first kappa shape index (κ1) is 21.2. The summed E-state index contributed by atoms with van der Waals surface area (Å²) >= 11 is 0. The first-order valence-corrected chi connectivity index (χ1v) is 11.0. The van der Waals surface area contributed by atoms with Gasteiger partial charge >= 0.3 is 0 Å². The standard InChI is InChI=1S/C28H22N6/c1-18-13-22(7-9-30-18)25-4-3-20(15-24(25)16-29)17-34-28-26-21(6-12-33-28)5-11-32-27(26)23-8-10-31-19(2)14-23/h3-15H,17H2,1-2H3,(H,33,34). The smallest absolute Gasteiger partial charge is 0.136 e. The molecular weight excluding hydrogens is 420 g/mol. The van der Waals surface area contributed by atoms with Gasteiger partial charge in [-0.3, -0.25) is 15.0 Å². The zero-order valence-corrected chi connectivity index (χ0v) is 18.9. The van der Waals surface area contributed by atoms with Crippen molar-refractivity contribution in [1.82, 2.24) is 19.9 Å². The van der Waals surface area contributed by atoms with Crippen LogP contribution >= 0.6 is 0 Å². The lowest BCUT2D eigenvalue weighted by Crippen LogP contribution is -2.04. The first-order valence-electron chi connectivity index (χ1n) is 11.0. The van der Waals surface area contributed by atoms with Gasteiger partial charge in [0.1, 0.15) is 5.82 Å². The van der Waals surface area contributed by atoms with Crippen LogP contribution in [0.3, 0.4) is 0 Å². The van der Waals surface area contributed by atoms with Crippen molar-refractivity contribution in [3.8, 4) is 28.5 Å². The number of rotatable bonds is 5. The maximum atomic E-state index is 9.77. The highest BCUT2D eigenvalue weighted by molar-refractivity contribution is 6.01. The van der Waals surface area contributed by atoms with E-state index in [1.165, 1.54) is 0 Å². The number of nitrogens with one attached hydrogen (secondary N) is 1. The van der Waals surface area contributed by atoms with E-state index in [2.05, 4.69) is 31.3 Å². The second kappa shape index (κ2) is 9.08. The van der Waals surface area contributed by atoms with Gasteiger partial charge in [0, 0.05) is 48.3 Å². The van der Waals surface area contributed by atoms with Gasteiger partial charge in [-0.05, 0) is 78.4 Å². The van der Waals surface area contributed by atoms with E-state index in [4.69, 9.17) is 0 Å². The van der Waals surface area contributed by atoms with Gasteiger partial charge in [0.05, 0.1) is 22.7 Å². The lowest BCUT2D eigenvalue weighted by molar-refractivity contribution is 1.12. The summed E-state index contributed by atoms with van der Waals surface area (Å²) in [5.74, 6) is 0.752. The van der Waals surface area contributed by atoms with E-state index in [1.807, 2.05) is 74.6 Å². The van der Waals surface area contributed by atoms with Crippen molar-refractivity contribution in [2.45, 2.75) is 20.4 Å². The Morgan fingerprint density at radius 2 is 1.44 bits per heavy atom. The third-order valence-corrected chi connectivity index (χ3v) is 5.72. The average molecular weight is 443 g/mol. The summed E-state index contributed by atoms with van der Waals surface area (Å²) in [6.45, 7) is 4.44. The quantitative estimate of drug-likeness (QED) is 0.367. The monoisotopic (exact) mass is 442 g/mol. The van der Waals surface area contributed by atoms with Gasteiger partial charge in [0.25, 0.3) is 0 Å². The second-order valence-electron chi connectivity index (χ2n) is 8.13. The Labute approximate surface area is 198 Å². The van der Waals surface area contributed by atoms with E-state index in [9.17, 15) is 5.26 Å². The van der Waals surface area contributed by atoms with Crippen LogP contribution in [0.4, 0.5) is 5.82 Å². The second-order valence-corrected chi connectivity index (χ2v) is 8.13. The van der Waals surface area contributed by atoms with Gasteiger partial charge < -0.3 is 5.32 Å². The molecule has 1 N–H and O–H groups in total. The molecule has 6 heteroatoms. The molecule has 6 nitrogen and oxygen atoms in total. The molecule has 1 aromatic carbocycles. The molecule has 0 amide bonds. The number of aryl methyl sites for hydroxylation is 2. The highest BCUT2D eigenvalue weighted by Gasteiger charge is 2.12. The summed E-state index contributed by atoms with van der Waals surface area (Å²) in [5.41, 5.74) is 7.23. The molecule has 0 saturated carbocycles. The Hall–Kier alpha value is -4.63. The SMILES string of the molecule is Cc1cc(-c2ccc(CNc3nccc4ccnc(-c5ccnc(C)c5)c34)cc2C#N)ccn1. The molecule has 0 radical (unpaired) electrons. The van der Waals surface area contributed by atoms with Gasteiger partial charge in [0.15, 0.2) is 0 Å². The minimum Gasteiger partial charge on any atom is -0.365 e. The van der Waals surface area contributed by atoms with Crippen molar-refractivity contribution < 1.29 is 0 Å². The van der Waals surface area contributed by atoms with Gasteiger partial charge in [0.2, 0.25) is 0 Å². The van der Waals surface area contributed by atoms with Crippen LogP contribution in [0.5, 0.6) is 0 Å². The number of aromatic nitrogens is 4. The molecule has 0 unspecified atom stereocenters. The van der Waals surface area contributed by atoms with E-state index in [0.29, 0.717) is 12.1 Å². The van der Waals surface area contributed by atoms with Gasteiger partial charge in [-0.1, -0.05) is 12.1 Å². The third-order valence-electron chi connectivity index (χ3n) is 5.72. The number of anilines is 1. The summed E-state index contributed by atoms with van der Waals surface area (Å²) in [4.78, 5) is 17.8. The van der Waals surface area contributed by atoms with Crippen LogP contribution in [-0.4, -0.2) is 19.9 Å². The van der Waals surface area contributed by atoms with Gasteiger partial charge in [-0.15, -0.1) is 0 Å². The van der Waals surface area contributed by atoms with E-state index in [0.717, 1.165) is 55.9 Å². The molecule has 34 heavy (non-hydrogen) atoms. The van der Waals surface area contributed by atoms with E-state index in [1.54, 1.807) is 18.6 Å². The molecule has 0 aliphatic rings. The normalized spacial score (nSPS) is 10.7. The van der Waals surface area contributed by atoms with Crippen LogP contribution in [0, 0.1) is 25.2 Å². The van der Waals surface area contributed by atoms with Crippen LogP contribution < -0.4 is 5.32 Å². The molecule has 0 atom stereocenters. The molecule has 0 saturated heterocycles. The van der Waals surface area contributed by atoms with E-state index in [-0.39, 0.29) is 0 Å². The summed E-state index contributed by atoms with van der Waals surface area (Å²) < 4.78 is 0. The number of benzene rings is 1. The third kappa shape index (κ3) is 4.19. The fraction of sp³-hybridized carbons (Fsp3) is 0.107. The Balaban J connectivity index is 1.48. The lowest BCUT2D eigenvalue weighted by Gasteiger charge is -2.13. The highest BCUT2D eigenvalue weighted by atomic mass is 15.0. The molecule has 0 aliphatic heterocycles. The molecule has 0 bridgehead atoms. The van der Waals surface area contributed by atoms with Crippen LogP contribution in [0.1, 0.15) is 22.5 Å². The topological polar surface area (TPSA) is 87.4 Å². The molecular formula is C28H22N6. The Morgan fingerprint density at radius 1 is 0.765 bits per heavy atom. The van der Waals surface area contributed by atoms with Crippen LogP contribution in [0.15, 0.2) is 79.4 Å². The van der Waals surface area contributed by atoms with Crippen molar-refractivity contribution >= 4 is 16.6 Å². The number of hydrogen-bond donors (Lipinski definition) is 1. The summed E-state index contributed by atoms with van der Waals surface area (Å²) in [7, 11) is 0. The molecule has 5 rings (SSSR count). The predicted molar refractivity (Wildman–Crippen MR) is 134 cm³/mol. The largest absolute Gasteiger partial charge is 0.365 e. The fourth-order valence-corrected chi connectivity index (χ4v) is 4.11. The number of nitrogens with zero attached hydrogens (tertiary/aromatic N) is 5. The number of pyridine rings is 4. The number of hydrogen-bond acceptors (Lipinski definition) is 6. The van der Waals surface area contributed by atoms with Crippen molar-refractivity contribution in [3.63, 3.8) is 0 Å². The average Bonchev–Trinajstić information content (AvgIpc) is 2.87.